The molecule has 29 heavy (non-hydrogen) atoms. The van der Waals surface area contributed by atoms with Gasteiger partial charge < -0.3 is 15.8 Å². The average Bonchev–Trinajstić information content (AvgIpc) is 3.21. The van der Waals surface area contributed by atoms with Gasteiger partial charge >= 0.3 is 5.97 Å². The van der Waals surface area contributed by atoms with Gasteiger partial charge in [0.25, 0.3) is 0 Å². The Morgan fingerprint density at radius 2 is 1.86 bits per heavy atom. The summed E-state index contributed by atoms with van der Waals surface area (Å²) >= 11 is 0. The van der Waals surface area contributed by atoms with E-state index in [9.17, 15) is 4.79 Å². The Morgan fingerprint density at radius 3 is 2.69 bits per heavy atom. The molecule has 1 heterocycles. The van der Waals surface area contributed by atoms with Crippen molar-refractivity contribution in [2.45, 2.75) is 0 Å². The second-order valence-electron chi connectivity index (χ2n) is 6.47. The topological polar surface area (TPSA) is 104 Å². The van der Waals surface area contributed by atoms with Gasteiger partial charge in [-0.2, -0.15) is 0 Å². The smallest absolute Gasteiger partial charge is 0.335 e. The standard InChI is InChI=1S/C23H18N4O2/c24-21(26-19-7-3-6-18(13-19)23(28)29)10-11-22-25-14-20(27-22)17-9-8-15-4-1-2-5-16(15)12-17/h1-14H,(H2,24,26)(H,25,27)(H,28,29)/b11-10-. The van der Waals surface area contributed by atoms with Gasteiger partial charge in [0.05, 0.1) is 23.1 Å². The first-order valence-corrected chi connectivity index (χ1v) is 8.98. The summed E-state index contributed by atoms with van der Waals surface area (Å²) in [6.07, 6.45) is 5.12. The highest BCUT2D eigenvalue weighted by molar-refractivity contribution is 5.97. The first kappa shape index (κ1) is 18.2. The fourth-order valence-corrected chi connectivity index (χ4v) is 2.98. The number of nitrogens with two attached hydrogens (primary N) is 1. The maximum atomic E-state index is 11.0. The minimum absolute atomic E-state index is 0.161. The molecule has 0 unspecified atom stereocenters. The fourth-order valence-electron chi connectivity index (χ4n) is 2.98. The maximum Gasteiger partial charge on any atom is 0.335 e. The molecular weight excluding hydrogens is 364 g/mol. The summed E-state index contributed by atoms with van der Waals surface area (Å²) in [4.78, 5) is 22.9. The number of fused-ring (bicyclic) bond motifs is 1. The summed E-state index contributed by atoms with van der Waals surface area (Å²) in [7, 11) is 0. The number of aliphatic imine (C=N–C) groups is 1. The predicted molar refractivity (Wildman–Crippen MR) is 115 cm³/mol. The molecule has 6 nitrogen and oxygen atoms in total. The number of carbonyl (C=O) groups is 1. The van der Waals surface area contributed by atoms with Crippen LogP contribution in [0.15, 0.2) is 84.0 Å². The number of aromatic amines is 1. The van der Waals surface area contributed by atoms with Crippen molar-refractivity contribution in [2.24, 2.45) is 10.7 Å². The highest BCUT2D eigenvalue weighted by atomic mass is 16.4. The van der Waals surface area contributed by atoms with E-state index >= 15 is 0 Å². The first-order chi connectivity index (χ1) is 14.1. The van der Waals surface area contributed by atoms with Gasteiger partial charge in [0, 0.05) is 5.56 Å². The fraction of sp³-hybridized carbons (Fsp3) is 0. The zero-order valence-corrected chi connectivity index (χ0v) is 15.4. The second kappa shape index (κ2) is 7.82. The number of nitrogens with zero attached hydrogens (tertiary/aromatic N) is 2. The number of benzene rings is 3. The molecule has 0 aliphatic carbocycles. The number of amidine groups is 1. The number of nitrogens with one attached hydrogen (secondary N) is 1. The monoisotopic (exact) mass is 382 g/mol. The van der Waals surface area contributed by atoms with Crippen molar-refractivity contribution in [3.05, 3.63) is 90.4 Å². The Labute approximate surface area is 167 Å². The minimum Gasteiger partial charge on any atom is -0.478 e. The summed E-state index contributed by atoms with van der Waals surface area (Å²) in [5.41, 5.74) is 8.52. The molecule has 142 valence electrons. The Kier molecular flexibility index (Phi) is 4.90. The van der Waals surface area contributed by atoms with Crippen LogP contribution >= 0.6 is 0 Å². The van der Waals surface area contributed by atoms with Gasteiger partial charge in [-0.1, -0.05) is 42.5 Å². The molecule has 0 fully saturated rings. The van der Waals surface area contributed by atoms with E-state index < -0.39 is 5.97 Å². The molecule has 3 aromatic carbocycles. The second-order valence-corrected chi connectivity index (χ2v) is 6.47. The summed E-state index contributed by atoms with van der Waals surface area (Å²) in [6.45, 7) is 0. The van der Waals surface area contributed by atoms with Crippen LogP contribution in [0.4, 0.5) is 5.69 Å². The molecule has 0 atom stereocenters. The number of aromatic carboxylic acids is 1. The van der Waals surface area contributed by atoms with Gasteiger partial charge in [0.15, 0.2) is 0 Å². The summed E-state index contributed by atoms with van der Waals surface area (Å²) in [5.74, 6) is -0.116. The van der Waals surface area contributed by atoms with Gasteiger partial charge in [-0.05, 0) is 47.2 Å². The van der Waals surface area contributed by atoms with Crippen LogP contribution in [-0.4, -0.2) is 26.9 Å². The molecule has 0 radical (unpaired) electrons. The van der Waals surface area contributed by atoms with Crippen LogP contribution in [0.2, 0.25) is 0 Å². The third-order valence-electron chi connectivity index (χ3n) is 4.42. The van der Waals surface area contributed by atoms with Crippen LogP contribution in [0.25, 0.3) is 28.1 Å². The molecule has 6 heteroatoms. The third-order valence-corrected chi connectivity index (χ3v) is 4.42. The molecule has 4 N–H and O–H groups in total. The maximum absolute atomic E-state index is 11.0. The first-order valence-electron chi connectivity index (χ1n) is 8.98. The van der Waals surface area contributed by atoms with Crippen molar-refractivity contribution in [2.75, 3.05) is 0 Å². The normalized spacial score (nSPS) is 11.9. The Hall–Kier alpha value is -4.19. The van der Waals surface area contributed by atoms with E-state index in [4.69, 9.17) is 10.8 Å². The van der Waals surface area contributed by atoms with E-state index in [0.717, 1.165) is 16.6 Å². The number of imidazole rings is 1. The number of carboxylic acid groups (broad SMARTS) is 1. The zero-order valence-electron chi connectivity index (χ0n) is 15.4. The van der Waals surface area contributed by atoms with Gasteiger partial charge in [0.2, 0.25) is 0 Å². The number of carboxylic acids is 1. The number of hydrogen-bond acceptors (Lipinski definition) is 3. The molecule has 0 saturated heterocycles. The highest BCUT2D eigenvalue weighted by Crippen LogP contribution is 2.23. The van der Waals surface area contributed by atoms with Gasteiger partial charge in [-0.3, -0.25) is 0 Å². The van der Waals surface area contributed by atoms with Crippen LogP contribution in [0.1, 0.15) is 16.2 Å². The lowest BCUT2D eigenvalue weighted by Crippen LogP contribution is -2.06. The van der Waals surface area contributed by atoms with Crippen molar-refractivity contribution in [3.8, 4) is 11.3 Å². The minimum atomic E-state index is -1.01. The van der Waals surface area contributed by atoms with Crippen molar-refractivity contribution >= 4 is 34.3 Å². The van der Waals surface area contributed by atoms with E-state index in [0.29, 0.717) is 11.5 Å². The van der Waals surface area contributed by atoms with Crippen molar-refractivity contribution in [1.82, 2.24) is 9.97 Å². The van der Waals surface area contributed by atoms with E-state index in [2.05, 4.69) is 45.3 Å². The molecule has 0 aliphatic rings. The van der Waals surface area contributed by atoms with Gasteiger partial charge in [-0.25, -0.2) is 14.8 Å². The van der Waals surface area contributed by atoms with Crippen molar-refractivity contribution < 1.29 is 9.90 Å². The Bertz CT molecular complexity index is 1250. The van der Waals surface area contributed by atoms with E-state index in [1.807, 2.05) is 12.1 Å². The molecule has 4 rings (SSSR count). The van der Waals surface area contributed by atoms with Crippen LogP contribution in [-0.2, 0) is 0 Å². The average molecular weight is 382 g/mol. The molecule has 0 aliphatic heterocycles. The van der Waals surface area contributed by atoms with Crippen molar-refractivity contribution in [3.63, 3.8) is 0 Å². The van der Waals surface area contributed by atoms with E-state index in [1.54, 1.807) is 30.5 Å². The largest absolute Gasteiger partial charge is 0.478 e. The highest BCUT2D eigenvalue weighted by Gasteiger charge is 2.04. The van der Waals surface area contributed by atoms with Crippen LogP contribution in [0.3, 0.4) is 0 Å². The quantitative estimate of drug-likeness (QED) is 0.346. The van der Waals surface area contributed by atoms with Crippen LogP contribution in [0, 0.1) is 0 Å². The summed E-state index contributed by atoms with van der Waals surface area (Å²) in [6, 6.07) is 20.7. The molecule has 0 amide bonds. The Balaban J connectivity index is 1.52. The lowest BCUT2D eigenvalue weighted by Gasteiger charge is -2.01. The lowest BCUT2D eigenvalue weighted by molar-refractivity contribution is 0.0697. The number of H-pyrrole nitrogens is 1. The van der Waals surface area contributed by atoms with E-state index in [1.165, 1.54) is 17.5 Å². The number of aromatic nitrogens is 2. The molecule has 1 aromatic heterocycles. The SMILES string of the molecule is NC(/C=C\c1ncc(-c2ccc3ccccc3c2)[nH]1)=Nc1cccc(C(=O)O)c1. The molecule has 4 aromatic rings. The number of hydrogen-bond donors (Lipinski definition) is 3. The zero-order chi connectivity index (χ0) is 20.2. The summed E-state index contributed by atoms with van der Waals surface area (Å²) < 4.78 is 0. The van der Waals surface area contributed by atoms with E-state index in [-0.39, 0.29) is 11.4 Å². The molecule has 0 bridgehead atoms. The van der Waals surface area contributed by atoms with Gasteiger partial charge in [-0.15, -0.1) is 0 Å². The molecule has 0 spiro atoms. The molecular formula is C23H18N4O2. The van der Waals surface area contributed by atoms with Crippen LogP contribution < -0.4 is 5.73 Å². The Morgan fingerprint density at radius 1 is 1.03 bits per heavy atom. The summed E-state index contributed by atoms with van der Waals surface area (Å²) in [5, 5.41) is 11.4. The third kappa shape index (κ3) is 4.22. The number of rotatable bonds is 5. The van der Waals surface area contributed by atoms with Crippen molar-refractivity contribution in [1.29, 1.82) is 0 Å². The molecule has 0 saturated carbocycles. The van der Waals surface area contributed by atoms with Crippen LogP contribution in [0.5, 0.6) is 0 Å². The predicted octanol–water partition coefficient (Wildman–Crippen LogP) is 4.63. The van der Waals surface area contributed by atoms with Gasteiger partial charge in [0.1, 0.15) is 11.7 Å². The lowest BCUT2D eigenvalue weighted by atomic mass is 10.1.